The highest BCUT2D eigenvalue weighted by Gasteiger charge is 2.03. The molecule has 0 saturated heterocycles. The molecular weight excluding hydrogens is 245 g/mol. The van der Waals surface area contributed by atoms with Crippen LogP contribution in [0.25, 0.3) is 0 Å². The van der Waals surface area contributed by atoms with Crippen molar-refractivity contribution in [2.45, 2.75) is 13.0 Å². The van der Waals surface area contributed by atoms with Crippen LogP contribution in [0.5, 0.6) is 5.75 Å². The molecule has 0 unspecified atom stereocenters. The van der Waals surface area contributed by atoms with Gasteiger partial charge < -0.3 is 14.6 Å². The zero-order chi connectivity index (χ0) is 13.7. The van der Waals surface area contributed by atoms with Crippen molar-refractivity contribution in [3.05, 3.63) is 47.8 Å². The lowest BCUT2D eigenvalue weighted by Gasteiger charge is -2.08. The predicted molar refractivity (Wildman–Crippen MR) is 71.6 cm³/mol. The van der Waals surface area contributed by atoms with Gasteiger partial charge in [-0.3, -0.25) is 0 Å². The lowest BCUT2D eigenvalue weighted by atomic mass is 10.2. The summed E-state index contributed by atoms with van der Waals surface area (Å²) in [6, 6.07) is 4.75. The van der Waals surface area contributed by atoms with Crippen LogP contribution in [0.4, 0.5) is 4.39 Å². The first kappa shape index (κ1) is 13.5. The molecule has 0 aliphatic heterocycles. The Kier molecular flexibility index (Phi) is 4.52. The van der Waals surface area contributed by atoms with Crippen LogP contribution < -0.4 is 10.1 Å². The molecule has 0 radical (unpaired) electrons. The van der Waals surface area contributed by atoms with Crippen LogP contribution in [-0.2, 0) is 20.0 Å². The quantitative estimate of drug-likeness (QED) is 0.865. The van der Waals surface area contributed by atoms with E-state index in [1.165, 1.54) is 12.1 Å². The number of nitrogens with zero attached hydrogens (tertiary/aromatic N) is 2. The monoisotopic (exact) mass is 263 g/mol. The van der Waals surface area contributed by atoms with Crippen LogP contribution in [0.2, 0.25) is 0 Å². The predicted octanol–water partition coefficient (Wildman–Crippen LogP) is 1.90. The van der Waals surface area contributed by atoms with E-state index in [1.807, 2.05) is 30.9 Å². The first-order valence-corrected chi connectivity index (χ1v) is 6.22. The van der Waals surface area contributed by atoms with Crippen molar-refractivity contribution in [1.82, 2.24) is 14.9 Å². The maximum atomic E-state index is 13.4. The molecule has 2 rings (SSSR count). The number of aryl methyl sites for hydroxylation is 1. The smallest absolute Gasteiger partial charge is 0.127 e. The molecule has 19 heavy (non-hydrogen) atoms. The minimum absolute atomic E-state index is 0.278. The maximum absolute atomic E-state index is 13.4. The summed E-state index contributed by atoms with van der Waals surface area (Å²) in [5.74, 6) is 1.23. The molecule has 1 aromatic carbocycles. The summed E-state index contributed by atoms with van der Waals surface area (Å²) in [6.07, 6.45) is 4.34. The first-order valence-electron chi connectivity index (χ1n) is 6.22. The van der Waals surface area contributed by atoms with Crippen LogP contribution in [0, 0.1) is 5.82 Å². The molecule has 0 amide bonds. The van der Waals surface area contributed by atoms with Crippen molar-refractivity contribution in [1.29, 1.82) is 0 Å². The van der Waals surface area contributed by atoms with Crippen molar-refractivity contribution in [3.63, 3.8) is 0 Å². The Morgan fingerprint density at radius 2 is 2.21 bits per heavy atom. The van der Waals surface area contributed by atoms with Gasteiger partial charge in [-0.15, -0.1) is 0 Å². The van der Waals surface area contributed by atoms with E-state index in [2.05, 4.69) is 10.3 Å². The number of rotatable bonds is 6. The van der Waals surface area contributed by atoms with Gasteiger partial charge in [-0.25, -0.2) is 9.37 Å². The van der Waals surface area contributed by atoms with Crippen LogP contribution in [0.15, 0.2) is 30.6 Å². The minimum Gasteiger partial charge on any atom is -0.493 e. The molecular formula is C14H18FN3O. The third-order valence-electron chi connectivity index (χ3n) is 2.83. The zero-order valence-electron chi connectivity index (χ0n) is 11.2. The van der Waals surface area contributed by atoms with E-state index in [0.29, 0.717) is 25.3 Å². The van der Waals surface area contributed by atoms with Gasteiger partial charge in [0.15, 0.2) is 0 Å². The van der Waals surface area contributed by atoms with E-state index >= 15 is 0 Å². The summed E-state index contributed by atoms with van der Waals surface area (Å²) in [5, 5.41) is 2.99. The van der Waals surface area contributed by atoms with Crippen LogP contribution >= 0.6 is 0 Å². The Morgan fingerprint density at radius 1 is 1.37 bits per heavy atom. The second-order valence-corrected chi connectivity index (χ2v) is 4.38. The van der Waals surface area contributed by atoms with Crippen molar-refractivity contribution < 1.29 is 9.13 Å². The number of hydrogen-bond donors (Lipinski definition) is 1. The average molecular weight is 263 g/mol. The molecule has 0 spiro atoms. The summed E-state index contributed by atoms with van der Waals surface area (Å²) in [6.45, 7) is 1.10. The summed E-state index contributed by atoms with van der Waals surface area (Å²) in [7, 11) is 3.77. The molecule has 0 aliphatic carbocycles. The Morgan fingerprint density at radius 3 is 2.89 bits per heavy atom. The number of halogens is 1. The summed E-state index contributed by atoms with van der Waals surface area (Å²) in [5.41, 5.74) is 0.870. The van der Waals surface area contributed by atoms with Crippen molar-refractivity contribution in [3.8, 4) is 5.75 Å². The van der Waals surface area contributed by atoms with E-state index in [9.17, 15) is 4.39 Å². The van der Waals surface area contributed by atoms with Gasteiger partial charge >= 0.3 is 0 Å². The van der Waals surface area contributed by atoms with Crippen molar-refractivity contribution in [2.75, 3.05) is 13.7 Å². The largest absolute Gasteiger partial charge is 0.493 e. The molecule has 0 fully saturated rings. The third-order valence-corrected chi connectivity index (χ3v) is 2.83. The van der Waals surface area contributed by atoms with Gasteiger partial charge in [0.1, 0.15) is 17.4 Å². The van der Waals surface area contributed by atoms with Crippen molar-refractivity contribution in [2.24, 2.45) is 7.05 Å². The van der Waals surface area contributed by atoms with Gasteiger partial charge in [0.05, 0.1) is 6.61 Å². The van der Waals surface area contributed by atoms with E-state index in [0.717, 1.165) is 11.4 Å². The lowest BCUT2D eigenvalue weighted by molar-refractivity contribution is 0.315. The molecule has 0 bridgehead atoms. The lowest BCUT2D eigenvalue weighted by Crippen LogP contribution is -2.08. The molecule has 1 N–H and O–H groups in total. The standard InChI is InChI=1S/C14H18FN3O/c1-16-10-11-7-12(15)9-13(8-11)19-6-3-14-17-4-5-18(14)2/h4-5,7-9,16H,3,6,10H2,1-2H3. The molecule has 2 aromatic rings. The van der Waals surface area contributed by atoms with Gasteiger partial charge in [-0.2, -0.15) is 0 Å². The van der Waals surface area contributed by atoms with Gasteiger partial charge in [0, 0.05) is 38.5 Å². The van der Waals surface area contributed by atoms with E-state index in [4.69, 9.17) is 4.74 Å². The second kappa shape index (κ2) is 6.33. The van der Waals surface area contributed by atoms with Crippen molar-refractivity contribution >= 4 is 0 Å². The Hall–Kier alpha value is -1.88. The SMILES string of the molecule is CNCc1cc(F)cc(OCCc2nccn2C)c1. The number of aromatic nitrogens is 2. The first-order chi connectivity index (χ1) is 9.19. The number of ether oxygens (including phenoxy) is 1. The van der Waals surface area contributed by atoms with Gasteiger partial charge in [-0.05, 0) is 24.7 Å². The fourth-order valence-corrected chi connectivity index (χ4v) is 1.91. The molecule has 0 saturated carbocycles. The Labute approximate surface area is 112 Å². The topological polar surface area (TPSA) is 39.1 Å². The highest BCUT2D eigenvalue weighted by molar-refractivity contribution is 5.29. The van der Waals surface area contributed by atoms with Crippen LogP contribution in [0.3, 0.4) is 0 Å². The van der Waals surface area contributed by atoms with Crippen LogP contribution in [-0.4, -0.2) is 23.2 Å². The number of nitrogens with one attached hydrogen (secondary N) is 1. The van der Waals surface area contributed by atoms with Gasteiger partial charge in [0.25, 0.3) is 0 Å². The van der Waals surface area contributed by atoms with E-state index in [-0.39, 0.29) is 5.82 Å². The molecule has 0 aliphatic rings. The fourth-order valence-electron chi connectivity index (χ4n) is 1.91. The molecule has 102 valence electrons. The van der Waals surface area contributed by atoms with E-state index < -0.39 is 0 Å². The highest BCUT2D eigenvalue weighted by Crippen LogP contribution is 2.16. The third kappa shape index (κ3) is 3.79. The number of hydrogen-bond acceptors (Lipinski definition) is 3. The average Bonchev–Trinajstić information content (AvgIpc) is 2.75. The number of benzene rings is 1. The number of imidazole rings is 1. The minimum atomic E-state index is -0.278. The molecule has 1 aromatic heterocycles. The van der Waals surface area contributed by atoms with Gasteiger partial charge in [0.2, 0.25) is 0 Å². The maximum Gasteiger partial charge on any atom is 0.127 e. The normalized spacial score (nSPS) is 10.7. The summed E-state index contributed by atoms with van der Waals surface area (Å²) in [4.78, 5) is 4.21. The Bertz CT molecular complexity index is 539. The van der Waals surface area contributed by atoms with E-state index in [1.54, 1.807) is 6.20 Å². The zero-order valence-corrected chi connectivity index (χ0v) is 11.2. The molecule has 4 nitrogen and oxygen atoms in total. The molecule has 5 heteroatoms. The highest BCUT2D eigenvalue weighted by atomic mass is 19.1. The van der Waals surface area contributed by atoms with Gasteiger partial charge in [-0.1, -0.05) is 0 Å². The summed E-state index contributed by atoms with van der Waals surface area (Å²) < 4.78 is 20.9. The summed E-state index contributed by atoms with van der Waals surface area (Å²) >= 11 is 0. The molecule has 0 atom stereocenters. The van der Waals surface area contributed by atoms with Crippen LogP contribution in [0.1, 0.15) is 11.4 Å². The second-order valence-electron chi connectivity index (χ2n) is 4.38. The molecule has 1 heterocycles. The Balaban J connectivity index is 1.94. The fraction of sp³-hybridized carbons (Fsp3) is 0.357.